The van der Waals surface area contributed by atoms with Crippen LogP contribution < -0.4 is 15.4 Å². The molecule has 0 radical (unpaired) electrons. The Morgan fingerprint density at radius 1 is 1.07 bits per heavy atom. The third-order valence-corrected chi connectivity index (χ3v) is 5.01. The maximum absolute atomic E-state index is 12.4. The van der Waals surface area contributed by atoms with Crippen molar-refractivity contribution in [1.29, 1.82) is 0 Å². The average Bonchev–Trinajstić information content (AvgIpc) is 2.72. The molecule has 1 fully saturated rings. The van der Waals surface area contributed by atoms with Gasteiger partial charge in [-0.15, -0.1) is 0 Å². The number of para-hydroxylation sites is 1. The van der Waals surface area contributed by atoms with Gasteiger partial charge in [0, 0.05) is 31.2 Å². The second-order valence-corrected chi connectivity index (χ2v) is 7.39. The quantitative estimate of drug-likeness (QED) is 0.697. The fourth-order valence-electron chi connectivity index (χ4n) is 3.42. The van der Waals surface area contributed by atoms with Crippen LogP contribution in [0, 0.1) is 6.92 Å². The standard InChI is InChI=1S/C23H29N3O3/c1-18-7-5-10-21(17-18)29-16-6-11-22(27)26-14-12-20(13-15-26)25-23(28)24-19-8-3-2-4-9-19/h2-5,7-10,17,20H,6,11-16H2,1H3,(H2,24,25,28). The molecule has 29 heavy (non-hydrogen) atoms. The highest BCUT2D eigenvalue weighted by molar-refractivity contribution is 5.89. The third-order valence-electron chi connectivity index (χ3n) is 5.01. The molecule has 1 aliphatic heterocycles. The fourth-order valence-corrected chi connectivity index (χ4v) is 3.42. The van der Waals surface area contributed by atoms with Crippen LogP contribution in [0.2, 0.25) is 0 Å². The van der Waals surface area contributed by atoms with Gasteiger partial charge in [-0.3, -0.25) is 4.79 Å². The molecule has 6 nitrogen and oxygen atoms in total. The largest absolute Gasteiger partial charge is 0.494 e. The van der Waals surface area contributed by atoms with Crippen molar-refractivity contribution in [3.05, 3.63) is 60.2 Å². The van der Waals surface area contributed by atoms with Gasteiger partial charge in [0.05, 0.1) is 6.61 Å². The summed E-state index contributed by atoms with van der Waals surface area (Å²) in [5.41, 5.74) is 1.93. The molecule has 0 unspecified atom stereocenters. The lowest BCUT2D eigenvalue weighted by atomic mass is 10.0. The van der Waals surface area contributed by atoms with Gasteiger partial charge in [0.15, 0.2) is 0 Å². The number of rotatable bonds is 7. The first-order chi connectivity index (χ1) is 14.1. The number of urea groups is 1. The number of likely N-dealkylation sites (tertiary alicyclic amines) is 1. The van der Waals surface area contributed by atoms with Crippen molar-refractivity contribution in [1.82, 2.24) is 10.2 Å². The van der Waals surface area contributed by atoms with Crippen LogP contribution in [0.5, 0.6) is 5.75 Å². The normalized spacial score (nSPS) is 14.3. The van der Waals surface area contributed by atoms with Crippen LogP contribution in [0.25, 0.3) is 0 Å². The van der Waals surface area contributed by atoms with E-state index in [4.69, 9.17) is 4.74 Å². The van der Waals surface area contributed by atoms with Crippen LogP contribution in [0.4, 0.5) is 10.5 Å². The average molecular weight is 396 g/mol. The third kappa shape index (κ3) is 6.82. The van der Waals surface area contributed by atoms with E-state index in [0.717, 1.165) is 29.8 Å². The molecule has 0 saturated carbocycles. The van der Waals surface area contributed by atoms with E-state index in [1.54, 1.807) is 0 Å². The number of aryl methyl sites for hydroxylation is 1. The van der Waals surface area contributed by atoms with Crippen molar-refractivity contribution in [2.45, 2.75) is 38.6 Å². The molecule has 0 atom stereocenters. The molecule has 0 spiro atoms. The summed E-state index contributed by atoms with van der Waals surface area (Å²) in [7, 11) is 0. The first kappa shape index (κ1) is 20.7. The van der Waals surface area contributed by atoms with Gasteiger partial charge in [0.2, 0.25) is 5.91 Å². The zero-order valence-corrected chi connectivity index (χ0v) is 16.9. The predicted molar refractivity (Wildman–Crippen MR) is 114 cm³/mol. The summed E-state index contributed by atoms with van der Waals surface area (Å²) in [4.78, 5) is 26.4. The van der Waals surface area contributed by atoms with Crippen LogP contribution in [0.3, 0.4) is 0 Å². The number of nitrogens with one attached hydrogen (secondary N) is 2. The second-order valence-electron chi connectivity index (χ2n) is 7.39. The van der Waals surface area contributed by atoms with Crippen molar-refractivity contribution >= 4 is 17.6 Å². The zero-order valence-electron chi connectivity index (χ0n) is 16.9. The Bertz CT molecular complexity index is 802. The summed E-state index contributed by atoms with van der Waals surface area (Å²) >= 11 is 0. The highest BCUT2D eigenvalue weighted by atomic mass is 16.5. The Hall–Kier alpha value is -3.02. The minimum absolute atomic E-state index is 0.0902. The van der Waals surface area contributed by atoms with Crippen LogP contribution >= 0.6 is 0 Å². The van der Waals surface area contributed by atoms with E-state index in [1.807, 2.05) is 66.4 Å². The zero-order chi connectivity index (χ0) is 20.5. The molecule has 6 heteroatoms. The van der Waals surface area contributed by atoms with Crippen LogP contribution in [0.15, 0.2) is 54.6 Å². The summed E-state index contributed by atoms with van der Waals surface area (Å²) < 4.78 is 5.71. The highest BCUT2D eigenvalue weighted by Crippen LogP contribution is 2.15. The number of benzene rings is 2. The summed E-state index contributed by atoms with van der Waals surface area (Å²) in [6.07, 6.45) is 2.73. The summed E-state index contributed by atoms with van der Waals surface area (Å²) in [6.45, 7) is 3.91. The van der Waals surface area contributed by atoms with E-state index in [-0.39, 0.29) is 18.0 Å². The van der Waals surface area contributed by atoms with Crippen molar-refractivity contribution in [3.8, 4) is 5.75 Å². The maximum atomic E-state index is 12.4. The number of nitrogens with zero attached hydrogens (tertiary/aromatic N) is 1. The second kappa shape index (κ2) is 10.5. The van der Waals surface area contributed by atoms with E-state index in [2.05, 4.69) is 10.6 Å². The Morgan fingerprint density at radius 2 is 1.83 bits per heavy atom. The number of ether oxygens (including phenoxy) is 1. The number of amides is 3. The Balaban J connectivity index is 1.31. The van der Waals surface area contributed by atoms with Crippen LogP contribution in [0.1, 0.15) is 31.2 Å². The van der Waals surface area contributed by atoms with E-state index in [1.165, 1.54) is 0 Å². The molecule has 0 bridgehead atoms. The Labute approximate surface area is 172 Å². The minimum Gasteiger partial charge on any atom is -0.494 e. The predicted octanol–water partition coefficient (Wildman–Crippen LogP) is 3.97. The lowest BCUT2D eigenvalue weighted by Crippen LogP contribution is -2.47. The fraction of sp³-hybridized carbons (Fsp3) is 0.391. The van der Waals surface area contributed by atoms with Crippen molar-refractivity contribution in [3.63, 3.8) is 0 Å². The lowest BCUT2D eigenvalue weighted by Gasteiger charge is -2.32. The number of piperidine rings is 1. The van der Waals surface area contributed by atoms with Crippen molar-refractivity contribution < 1.29 is 14.3 Å². The first-order valence-electron chi connectivity index (χ1n) is 10.2. The summed E-state index contributed by atoms with van der Waals surface area (Å²) in [5.74, 6) is 1.00. The minimum atomic E-state index is -0.200. The molecular weight excluding hydrogens is 366 g/mol. The van der Waals surface area contributed by atoms with Gasteiger partial charge in [-0.05, 0) is 56.0 Å². The lowest BCUT2D eigenvalue weighted by molar-refractivity contribution is -0.132. The van der Waals surface area contributed by atoms with Crippen LogP contribution in [-0.4, -0.2) is 42.6 Å². The number of anilines is 1. The molecule has 0 aromatic heterocycles. The first-order valence-corrected chi connectivity index (χ1v) is 10.2. The van der Waals surface area contributed by atoms with E-state index in [9.17, 15) is 9.59 Å². The van der Waals surface area contributed by atoms with Crippen molar-refractivity contribution in [2.75, 3.05) is 25.0 Å². The molecule has 1 heterocycles. The number of hydrogen-bond donors (Lipinski definition) is 2. The van der Waals surface area contributed by atoms with Gasteiger partial charge >= 0.3 is 6.03 Å². The van der Waals surface area contributed by atoms with E-state index in [0.29, 0.717) is 32.5 Å². The molecule has 2 N–H and O–H groups in total. The smallest absolute Gasteiger partial charge is 0.319 e. The molecule has 2 aromatic rings. The monoisotopic (exact) mass is 395 g/mol. The van der Waals surface area contributed by atoms with Crippen LogP contribution in [-0.2, 0) is 4.79 Å². The van der Waals surface area contributed by atoms with Gasteiger partial charge in [0.25, 0.3) is 0 Å². The number of hydrogen-bond acceptors (Lipinski definition) is 3. The number of carbonyl (C=O) groups excluding carboxylic acids is 2. The molecule has 3 amide bonds. The molecule has 0 aliphatic carbocycles. The number of carbonyl (C=O) groups is 2. The Morgan fingerprint density at radius 3 is 2.55 bits per heavy atom. The molecule has 154 valence electrons. The molecule has 1 saturated heterocycles. The molecule has 1 aliphatic rings. The molecular formula is C23H29N3O3. The Kier molecular flexibility index (Phi) is 7.50. The SMILES string of the molecule is Cc1cccc(OCCCC(=O)N2CCC(NC(=O)Nc3ccccc3)CC2)c1. The van der Waals surface area contributed by atoms with E-state index < -0.39 is 0 Å². The summed E-state index contributed by atoms with van der Waals surface area (Å²) in [6, 6.07) is 17.2. The maximum Gasteiger partial charge on any atom is 0.319 e. The molecule has 3 rings (SSSR count). The van der Waals surface area contributed by atoms with Gasteiger partial charge < -0.3 is 20.3 Å². The highest BCUT2D eigenvalue weighted by Gasteiger charge is 2.23. The summed E-state index contributed by atoms with van der Waals surface area (Å²) in [5, 5.41) is 5.82. The van der Waals surface area contributed by atoms with Gasteiger partial charge in [-0.25, -0.2) is 4.79 Å². The van der Waals surface area contributed by atoms with Gasteiger partial charge in [-0.1, -0.05) is 30.3 Å². The van der Waals surface area contributed by atoms with Gasteiger partial charge in [-0.2, -0.15) is 0 Å². The van der Waals surface area contributed by atoms with Crippen molar-refractivity contribution in [2.24, 2.45) is 0 Å². The topological polar surface area (TPSA) is 70.7 Å². The van der Waals surface area contributed by atoms with Gasteiger partial charge in [0.1, 0.15) is 5.75 Å². The van der Waals surface area contributed by atoms with E-state index >= 15 is 0 Å². The molecule has 2 aromatic carbocycles.